The second-order valence-electron chi connectivity index (χ2n) is 7.58. The number of likely N-dealkylation sites (tertiary alicyclic amines) is 1. The highest BCUT2D eigenvalue weighted by Gasteiger charge is 2.34. The summed E-state index contributed by atoms with van der Waals surface area (Å²) in [6.07, 6.45) is 7.90. The molecule has 3 atom stereocenters. The number of carbonyl (C=O) groups is 2. The Labute approximate surface area is 169 Å². The van der Waals surface area contributed by atoms with Gasteiger partial charge in [-0.25, -0.2) is 4.98 Å². The maximum Gasteiger partial charge on any atom is 0.291 e. The minimum Gasteiger partial charge on any atom is -0.431 e. The number of allylic oxidation sites excluding steroid dienone is 1. The molecule has 1 aromatic heterocycles. The number of aliphatic hydroxyl groups excluding tert-OH is 1. The zero-order chi connectivity index (χ0) is 20.2. The molecule has 1 aliphatic carbocycles. The number of rotatable bonds is 4. The normalized spacial score (nSPS) is 24.3. The molecule has 2 amide bonds. The second kappa shape index (κ2) is 8.61. The van der Waals surface area contributed by atoms with Crippen LogP contribution in [0.15, 0.2) is 53.1 Å². The highest BCUT2D eigenvalue weighted by atomic mass is 16.4. The largest absolute Gasteiger partial charge is 0.431 e. The van der Waals surface area contributed by atoms with Crippen molar-refractivity contribution in [1.82, 2.24) is 15.2 Å². The van der Waals surface area contributed by atoms with Crippen LogP contribution >= 0.6 is 0 Å². The summed E-state index contributed by atoms with van der Waals surface area (Å²) in [5.74, 6) is -0.00100. The van der Waals surface area contributed by atoms with Crippen molar-refractivity contribution < 1.29 is 19.1 Å². The summed E-state index contributed by atoms with van der Waals surface area (Å²) in [4.78, 5) is 31.2. The number of piperidine rings is 1. The fourth-order valence-corrected chi connectivity index (χ4v) is 3.83. The molecule has 29 heavy (non-hydrogen) atoms. The minimum absolute atomic E-state index is 0.0923. The van der Waals surface area contributed by atoms with Gasteiger partial charge in [0.2, 0.25) is 17.6 Å². The van der Waals surface area contributed by atoms with E-state index in [2.05, 4.69) is 10.3 Å². The van der Waals surface area contributed by atoms with Crippen LogP contribution in [0, 0.1) is 5.92 Å². The fourth-order valence-electron chi connectivity index (χ4n) is 3.83. The zero-order valence-electron chi connectivity index (χ0n) is 16.2. The number of benzene rings is 1. The third-order valence-electron chi connectivity index (χ3n) is 5.52. The SMILES string of the molecule is O=C(N[C@@H]1CN(C(=O)c2cnc(-c3ccccc3)o2)CC[C@H]1O)C1C=CCCC1. The lowest BCUT2D eigenvalue weighted by Gasteiger charge is -2.36. The van der Waals surface area contributed by atoms with Crippen LogP contribution in [-0.2, 0) is 4.79 Å². The van der Waals surface area contributed by atoms with Gasteiger partial charge >= 0.3 is 0 Å². The molecule has 1 fully saturated rings. The predicted molar refractivity (Wildman–Crippen MR) is 107 cm³/mol. The fraction of sp³-hybridized carbons (Fsp3) is 0.409. The Balaban J connectivity index is 1.41. The van der Waals surface area contributed by atoms with E-state index >= 15 is 0 Å². The van der Waals surface area contributed by atoms with Crippen LogP contribution in [0.5, 0.6) is 0 Å². The van der Waals surface area contributed by atoms with Crippen LogP contribution < -0.4 is 5.32 Å². The third kappa shape index (κ3) is 4.40. The number of nitrogens with zero attached hydrogens (tertiary/aromatic N) is 2. The molecular formula is C22H25N3O4. The second-order valence-corrected chi connectivity index (χ2v) is 7.58. The van der Waals surface area contributed by atoms with Crippen molar-refractivity contribution in [2.24, 2.45) is 5.92 Å². The summed E-state index contributed by atoms with van der Waals surface area (Å²) in [5, 5.41) is 13.3. The number of nitrogens with one attached hydrogen (secondary N) is 1. The Morgan fingerprint density at radius 3 is 2.79 bits per heavy atom. The van der Waals surface area contributed by atoms with E-state index in [1.165, 1.54) is 6.20 Å². The molecule has 1 aromatic carbocycles. The van der Waals surface area contributed by atoms with Gasteiger partial charge in [0, 0.05) is 18.7 Å². The molecule has 7 heteroatoms. The Kier molecular flexibility index (Phi) is 5.76. The summed E-state index contributed by atoms with van der Waals surface area (Å²) >= 11 is 0. The van der Waals surface area contributed by atoms with Gasteiger partial charge in [-0.15, -0.1) is 0 Å². The van der Waals surface area contributed by atoms with Crippen LogP contribution in [0.2, 0.25) is 0 Å². The van der Waals surface area contributed by atoms with Gasteiger partial charge in [0.25, 0.3) is 5.91 Å². The van der Waals surface area contributed by atoms with Crippen LogP contribution in [0.25, 0.3) is 11.5 Å². The first-order valence-corrected chi connectivity index (χ1v) is 10.1. The average Bonchev–Trinajstić information content (AvgIpc) is 3.26. The van der Waals surface area contributed by atoms with Crippen molar-refractivity contribution in [3.63, 3.8) is 0 Å². The summed E-state index contributed by atoms with van der Waals surface area (Å²) in [5.41, 5.74) is 0.797. The van der Waals surface area contributed by atoms with E-state index in [1.54, 1.807) is 4.90 Å². The molecule has 4 rings (SSSR count). The minimum atomic E-state index is -0.676. The molecule has 2 aliphatic rings. The first-order valence-electron chi connectivity index (χ1n) is 10.1. The van der Waals surface area contributed by atoms with E-state index in [-0.39, 0.29) is 30.0 Å². The van der Waals surface area contributed by atoms with E-state index in [4.69, 9.17) is 4.42 Å². The molecule has 1 saturated heterocycles. The number of hydrogen-bond donors (Lipinski definition) is 2. The Morgan fingerprint density at radius 1 is 1.21 bits per heavy atom. The van der Waals surface area contributed by atoms with E-state index in [0.717, 1.165) is 24.8 Å². The number of carbonyl (C=O) groups excluding carboxylic acids is 2. The van der Waals surface area contributed by atoms with Gasteiger partial charge in [0.15, 0.2) is 0 Å². The van der Waals surface area contributed by atoms with Crippen molar-refractivity contribution in [3.05, 3.63) is 54.4 Å². The Bertz CT molecular complexity index is 892. The summed E-state index contributed by atoms with van der Waals surface area (Å²) in [6.45, 7) is 0.640. The first kappa shape index (κ1) is 19.4. The number of oxazole rings is 1. The van der Waals surface area contributed by atoms with Gasteiger partial charge < -0.3 is 19.7 Å². The number of aromatic nitrogens is 1. The van der Waals surface area contributed by atoms with Gasteiger partial charge in [-0.1, -0.05) is 30.4 Å². The molecule has 152 valence electrons. The van der Waals surface area contributed by atoms with Gasteiger partial charge in [0.05, 0.1) is 24.3 Å². The molecule has 7 nitrogen and oxygen atoms in total. The maximum absolute atomic E-state index is 12.9. The molecule has 0 radical (unpaired) electrons. The van der Waals surface area contributed by atoms with Crippen molar-refractivity contribution in [2.75, 3.05) is 13.1 Å². The standard InChI is InChI=1S/C22H25N3O4/c26-18-11-12-25(14-17(18)24-20(27)15-7-3-1-4-8-15)22(28)19-13-23-21(29-19)16-9-5-2-6-10-16/h2-3,5-7,9-10,13,15,17-18,26H,1,4,8,11-12,14H2,(H,24,27)/t15?,17-,18-/m1/s1. The molecular weight excluding hydrogens is 370 g/mol. The molecule has 2 heterocycles. The van der Waals surface area contributed by atoms with Gasteiger partial charge in [0.1, 0.15) is 0 Å². The Morgan fingerprint density at radius 2 is 2.03 bits per heavy atom. The van der Waals surface area contributed by atoms with Gasteiger partial charge in [-0.3, -0.25) is 9.59 Å². The summed E-state index contributed by atoms with van der Waals surface area (Å²) in [6, 6.07) is 8.89. The highest BCUT2D eigenvalue weighted by molar-refractivity contribution is 5.91. The lowest BCUT2D eigenvalue weighted by atomic mass is 9.94. The third-order valence-corrected chi connectivity index (χ3v) is 5.52. The summed E-state index contributed by atoms with van der Waals surface area (Å²) in [7, 11) is 0. The van der Waals surface area contributed by atoms with Crippen molar-refractivity contribution in [3.8, 4) is 11.5 Å². The smallest absolute Gasteiger partial charge is 0.291 e. The van der Waals surface area contributed by atoms with Crippen molar-refractivity contribution >= 4 is 11.8 Å². The maximum atomic E-state index is 12.9. The van der Waals surface area contributed by atoms with E-state index < -0.39 is 12.1 Å². The zero-order valence-corrected chi connectivity index (χ0v) is 16.2. The monoisotopic (exact) mass is 395 g/mol. The number of amides is 2. The Hall–Kier alpha value is -2.93. The van der Waals surface area contributed by atoms with Crippen molar-refractivity contribution in [2.45, 2.75) is 37.8 Å². The quantitative estimate of drug-likeness (QED) is 0.775. The topological polar surface area (TPSA) is 95.7 Å². The number of aliphatic hydroxyl groups is 1. The first-order chi connectivity index (χ1) is 14.1. The van der Waals surface area contributed by atoms with Crippen LogP contribution in [-0.4, -0.2) is 52.0 Å². The lowest BCUT2D eigenvalue weighted by molar-refractivity contribution is -0.126. The van der Waals surface area contributed by atoms with Gasteiger partial charge in [-0.2, -0.15) is 0 Å². The van der Waals surface area contributed by atoms with E-state index in [1.807, 2.05) is 42.5 Å². The molecule has 1 aliphatic heterocycles. The van der Waals surface area contributed by atoms with E-state index in [0.29, 0.717) is 18.9 Å². The molecule has 0 spiro atoms. The van der Waals surface area contributed by atoms with Gasteiger partial charge in [-0.05, 0) is 37.8 Å². The van der Waals surface area contributed by atoms with E-state index in [9.17, 15) is 14.7 Å². The van der Waals surface area contributed by atoms with Crippen molar-refractivity contribution in [1.29, 1.82) is 0 Å². The lowest BCUT2D eigenvalue weighted by Crippen LogP contribution is -2.57. The summed E-state index contributed by atoms with van der Waals surface area (Å²) < 4.78 is 5.66. The van der Waals surface area contributed by atoms with Crippen LogP contribution in [0.1, 0.15) is 36.2 Å². The highest BCUT2D eigenvalue weighted by Crippen LogP contribution is 2.22. The molecule has 2 N–H and O–H groups in total. The molecule has 2 aromatic rings. The number of hydrogen-bond acceptors (Lipinski definition) is 5. The van der Waals surface area contributed by atoms with Crippen LogP contribution in [0.3, 0.4) is 0 Å². The molecule has 0 saturated carbocycles. The molecule has 1 unspecified atom stereocenters. The average molecular weight is 395 g/mol. The predicted octanol–water partition coefficient (Wildman–Crippen LogP) is 2.39. The molecule has 0 bridgehead atoms. The van der Waals surface area contributed by atoms with Crippen LogP contribution in [0.4, 0.5) is 0 Å².